The number of anilines is 1. The summed E-state index contributed by atoms with van der Waals surface area (Å²) in [6.45, 7) is 3.19. The zero-order valence-corrected chi connectivity index (χ0v) is 19.8. The molecule has 5 aliphatic rings. The molecule has 2 aromatic rings. The Labute approximate surface area is 196 Å². The summed E-state index contributed by atoms with van der Waals surface area (Å²) in [5.74, 6) is 2.66. The molecule has 176 valence electrons. The molecule has 2 N–H and O–H groups in total. The Balaban J connectivity index is 1.24. The second-order valence-corrected chi connectivity index (χ2v) is 11.6. The molecule has 1 aliphatic heterocycles. The summed E-state index contributed by atoms with van der Waals surface area (Å²) in [6, 6.07) is 8.29. The van der Waals surface area contributed by atoms with Crippen LogP contribution in [-0.4, -0.2) is 23.1 Å². The van der Waals surface area contributed by atoms with E-state index in [0.29, 0.717) is 17.8 Å². The second kappa shape index (κ2) is 8.26. The molecule has 2 heterocycles. The van der Waals surface area contributed by atoms with Crippen LogP contribution in [0.3, 0.4) is 0 Å². The van der Waals surface area contributed by atoms with Gasteiger partial charge in [-0.3, -0.25) is 9.59 Å². The normalized spacial score (nSPS) is 33.5. The molecule has 2 unspecified atom stereocenters. The molecule has 0 radical (unpaired) electrons. The number of aromatic nitrogens is 1. The minimum atomic E-state index is 0.0465. The van der Waals surface area contributed by atoms with Gasteiger partial charge >= 0.3 is 0 Å². The van der Waals surface area contributed by atoms with Gasteiger partial charge < -0.3 is 15.2 Å². The zero-order valence-electron chi connectivity index (χ0n) is 19.8. The number of carbonyl (C=O) groups excluding carboxylic acids is 1. The third-order valence-corrected chi connectivity index (χ3v) is 9.29. The summed E-state index contributed by atoms with van der Waals surface area (Å²) in [5, 5.41) is 8.32. The van der Waals surface area contributed by atoms with Crippen molar-refractivity contribution in [3.05, 3.63) is 40.8 Å². The summed E-state index contributed by atoms with van der Waals surface area (Å²) < 4.78 is 1.91. The lowest BCUT2D eigenvalue weighted by atomic mass is 9.49. The number of pyridine rings is 1. The lowest BCUT2D eigenvalue weighted by molar-refractivity contribution is -0.124. The Bertz CT molecular complexity index is 1080. The number of nitrogens with one attached hydrogen (secondary N) is 2. The summed E-state index contributed by atoms with van der Waals surface area (Å²) >= 11 is 0. The summed E-state index contributed by atoms with van der Waals surface area (Å²) in [6.07, 6.45) is 13.7. The standard InChI is InChI=1S/C28H37N3O2/c1-2-25(24-7-4-9-29-24)31-10-8-21-22(27(31)33)5-3-6-23(21)30-26(32)17-28-14-18-11-19(15-28)13-20(12-18)16-28/h3,5-6,8,10,18-20,24-25,29H,2,4,7,9,11-17H2,1H3,(H,30,32). The van der Waals surface area contributed by atoms with Gasteiger partial charge in [-0.15, -0.1) is 0 Å². The van der Waals surface area contributed by atoms with E-state index in [0.717, 1.165) is 48.2 Å². The van der Waals surface area contributed by atoms with E-state index >= 15 is 0 Å². The highest BCUT2D eigenvalue weighted by atomic mass is 16.1. The first-order valence-corrected chi connectivity index (χ1v) is 13.2. The van der Waals surface area contributed by atoms with Gasteiger partial charge in [-0.1, -0.05) is 13.0 Å². The largest absolute Gasteiger partial charge is 0.325 e. The van der Waals surface area contributed by atoms with Gasteiger partial charge in [0.2, 0.25) is 5.91 Å². The van der Waals surface area contributed by atoms with Crippen LogP contribution in [0.2, 0.25) is 0 Å². The summed E-state index contributed by atoms with van der Waals surface area (Å²) in [7, 11) is 0. The molecule has 33 heavy (non-hydrogen) atoms. The monoisotopic (exact) mass is 447 g/mol. The number of hydrogen-bond acceptors (Lipinski definition) is 3. The number of benzene rings is 1. The first-order valence-electron chi connectivity index (χ1n) is 13.2. The molecular formula is C28H37N3O2. The van der Waals surface area contributed by atoms with Gasteiger partial charge in [0.25, 0.3) is 5.56 Å². The van der Waals surface area contributed by atoms with E-state index in [1.54, 1.807) is 0 Å². The maximum Gasteiger partial charge on any atom is 0.258 e. The minimum Gasteiger partial charge on any atom is -0.325 e. The van der Waals surface area contributed by atoms with Crippen LogP contribution in [0.25, 0.3) is 10.8 Å². The van der Waals surface area contributed by atoms with Gasteiger partial charge in [0.1, 0.15) is 0 Å². The predicted octanol–water partition coefficient (Wildman–Crippen LogP) is 5.25. The molecule has 0 spiro atoms. The Morgan fingerprint density at radius 3 is 2.48 bits per heavy atom. The van der Waals surface area contributed by atoms with Crippen LogP contribution in [0.5, 0.6) is 0 Å². The van der Waals surface area contributed by atoms with E-state index in [-0.39, 0.29) is 22.9 Å². The maximum absolute atomic E-state index is 13.4. The molecule has 7 rings (SSSR count). The van der Waals surface area contributed by atoms with Crippen molar-refractivity contribution in [1.82, 2.24) is 9.88 Å². The lowest BCUT2D eigenvalue weighted by Crippen LogP contribution is -2.47. The predicted molar refractivity (Wildman–Crippen MR) is 132 cm³/mol. The van der Waals surface area contributed by atoms with E-state index in [4.69, 9.17) is 0 Å². The van der Waals surface area contributed by atoms with Crippen molar-refractivity contribution in [2.24, 2.45) is 23.2 Å². The molecule has 1 aromatic heterocycles. The first kappa shape index (κ1) is 21.4. The quantitative estimate of drug-likeness (QED) is 0.636. The summed E-state index contributed by atoms with van der Waals surface area (Å²) in [4.78, 5) is 26.7. The fourth-order valence-electron chi connectivity index (χ4n) is 8.42. The van der Waals surface area contributed by atoms with E-state index < -0.39 is 0 Å². The Kier molecular flexibility index (Phi) is 5.36. The topological polar surface area (TPSA) is 63.1 Å². The van der Waals surface area contributed by atoms with Crippen molar-refractivity contribution in [1.29, 1.82) is 0 Å². The number of nitrogens with zero attached hydrogens (tertiary/aromatic N) is 1. The lowest BCUT2D eigenvalue weighted by Gasteiger charge is -2.56. The van der Waals surface area contributed by atoms with E-state index in [9.17, 15) is 9.59 Å². The van der Waals surface area contributed by atoms with Crippen molar-refractivity contribution in [3.63, 3.8) is 0 Å². The van der Waals surface area contributed by atoms with Crippen molar-refractivity contribution in [3.8, 4) is 0 Å². The van der Waals surface area contributed by atoms with Gasteiger partial charge in [0.05, 0.1) is 6.04 Å². The first-order chi connectivity index (χ1) is 16.0. The average Bonchev–Trinajstić information content (AvgIpc) is 3.29. The molecule has 4 bridgehead atoms. The fraction of sp³-hybridized carbons (Fsp3) is 0.643. The number of fused-ring (bicyclic) bond motifs is 1. The molecule has 2 atom stereocenters. The highest BCUT2D eigenvalue weighted by molar-refractivity contribution is 6.02. The molecule has 5 fully saturated rings. The zero-order chi connectivity index (χ0) is 22.6. The van der Waals surface area contributed by atoms with Crippen LogP contribution in [0.15, 0.2) is 35.3 Å². The Morgan fingerprint density at radius 1 is 1.12 bits per heavy atom. The van der Waals surface area contributed by atoms with E-state index in [2.05, 4.69) is 17.6 Å². The third kappa shape index (κ3) is 3.82. The van der Waals surface area contributed by atoms with Gasteiger partial charge in [0, 0.05) is 35.1 Å². The summed E-state index contributed by atoms with van der Waals surface area (Å²) in [5.41, 5.74) is 1.04. The van der Waals surface area contributed by atoms with Crippen molar-refractivity contribution in [2.45, 2.75) is 83.2 Å². The van der Waals surface area contributed by atoms with Crippen molar-refractivity contribution < 1.29 is 4.79 Å². The number of rotatable bonds is 6. The average molecular weight is 448 g/mol. The van der Waals surface area contributed by atoms with Crippen LogP contribution < -0.4 is 16.2 Å². The number of amides is 1. The minimum absolute atomic E-state index is 0.0465. The van der Waals surface area contributed by atoms with E-state index in [1.165, 1.54) is 44.9 Å². The Morgan fingerprint density at radius 2 is 1.85 bits per heavy atom. The van der Waals surface area contributed by atoms with Crippen molar-refractivity contribution in [2.75, 3.05) is 11.9 Å². The highest BCUT2D eigenvalue weighted by Gasteiger charge is 2.51. The van der Waals surface area contributed by atoms with Crippen LogP contribution in [0.4, 0.5) is 5.69 Å². The maximum atomic E-state index is 13.4. The van der Waals surface area contributed by atoms with Gasteiger partial charge in [-0.2, -0.15) is 0 Å². The smallest absolute Gasteiger partial charge is 0.258 e. The molecule has 4 saturated carbocycles. The van der Waals surface area contributed by atoms with Gasteiger partial charge in [0.15, 0.2) is 0 Å². The molecule has 4 aliphatic carbocycles. The van der Waals surface area contributed by atoms with Crippen LogP contribution in [0, 0.1) is 23.2 Å². The van der Waals surface area contributed by atoms with Gasteiger partial charge in [-0.25, -0.2) is 0 Å². The molecule has 1 saturated heterocycles. The fourth-order valence-corrected chi connectivity index (χ4v) is 8.42. The number of carbonyl (C=O) groups is 1. The second-order valence-electron chi connectivity index (χ2n) is 11.6. The SMILES string of the molecule is CCC(C1CCCN1)n1ccc2c(NC(=O)CC34CC5CC(CC(C5)C3)C4)cccc2c1=O. The van der Waals surface area contributed by atoms with Crippen LogP contribution in [-0.2, 0) is 4.79 Å². The third-order valence-electron chi connectivity index (χ3n) is 9.29. The van der Waals surface area contributed by atoms with E-state index in [1.807, 2.05) is 35.0 Å². The molecule has 1 aromatic carbocycles. The molecular weight excluding hydrogens is 410 g/mol. The van der Waals surface area contributed by atoms with Crippen LogP contribution in [0.1, 0.15) is 77.2 Å². The molecule has 1 amide bonds. The number of hydrogen-bond donors (Lipinski definition) is 2. The van der Waals surface area contributed by atoms with Crippen molar-refractivity contribution >= 4 is 22.4 Å². The van der Waals surface area contributed by atoms with Crippen LogP contribution >= 0.6 is 0 Å². The molecule has 5 nitrogen and oxygen atoms in total. The van der Waals surface area contributed by atoms with Gasteiger partial charge in [-0.05, 0) is 106 Å². The highest BCUT2D eigenvalue weighted by Crippen LogP contribution is 2.61. The molecule has 5 heteroatoms. The Hall–Kier alpha value is -2.14.